The number of anilines is 1. The zero-order chi connectivity index (χ0) is 22.1. The molecule has 2 heterocycles. The largest absolute Gasteiger partial charge is 0.442 e. The number of hydrogen-bond donors (Lipinski definition) is 1. The lowest BCUT2D eigenvalue weighted by atomic mass is 10.0. The Bertz CT molecular complexity index is 1140. The zero-order valence-electron chi connectivity index (χ0n) is 16.5. The Morgan fingerprint density at radius 3 is 2.73 bits per heavy atom. The molecule has 2 aliphatic rings. The Morgan fingerprint density at radius 1 is 1.43 bits per heavy atom. The third-order valence-electron chi connectivity index (χ3n) is 4.61. The molecule has 0 aliphatic carbocycles. The van der Waals surface area contributed by atoms with Crippen molar-refractivity contribution in [2.45, 2.75) is 19.4 Å². The van der Waals surface area contributed by atoms with Gasteiger partial charge in [-0.1, -0.05) is 6.08 Å². The van der Waals surface area contributed by atoms with E-state index >= 15 is 0 Å². The number of nitrogens with zero attached hydrogens (tertiary/aromatic N) is 2. The van der Waals surface area contributed by atoms with Gasteiger partial charge in [0.15, 0.2) is 0 Å². The second-order valence-electron chi connectivity index (χ2n) is 7.15. The summed E-state index contributed by atoms with van der Waals surface area (Å²) in [7, 11) is -6.64. The molecule has 3 rings (SSSR count). The fourth-order valence-electron chi connectivity index (χ4n) is 3.27. The Balaban J connectivity index is 1.76. The molecule has 12 heteroatoms. The van der Waals surface area contributed by atoms with Gasteiger partial charge in [0, 0.05) is 18.2 Å². The van der Waals surface area contributed by atoms with E-state index in [-0.39, 0.29) is 36.9 Å². The SMILES string of the molecule is CC(=O)NC[C@@H]1CN(c2ccc(C3=CCS(=O)(=NS(C)(=O)=O)CC3)c(F)c2)C(=O)O1. The first-order chi connectivity index (χ1) is 14.0. The minimum Gasteiger partial charge on any atom is -0.442 e. The number of carbonyl (C=O) groups excluding carboxylic acids is 2. The number of allylic oxidation sites excluding steroid dienone is 1. The molecule has 9 nitrogen and oxygen atoms in total. The number of amides is 2. The summed E-state index contributed by atoms with van der Waals surface area (Å²) < 4.78 is 58.5. The molecule has 2 aliphatic heterocycles. The third kappa shape index (κ3) is 5.36. The van der Waals surface area contributed by atoms with Crippen LogP contribution in [-0.4, -0.2) is 61.6 Å². The first kappa shape index (κ1) is 22.2. The predicted molar refractivity (Wildman–Crippen MR) is 110 cm³/mol. The normalized spacial score (nSPS) is 24.2. The van der Waals surface area contributed by atoms with Gasteiger partial charge in [0.25, 0.3) is 10.0 Å². The van der Waals surface area contributed by atoms with Crippen LogP contribution in [-0.2, 0) is 29.3 Å². The van der Waals surface area contributed by atoms with Crippen molar-refractivity contribution < 1.29 is 31.3 Å². The number of carbonyl (C=O) groups is 2. The maximum Gasteiger partial charge on any atom is 0.414 e. The standard InChI is InChI=1S/C18H22FN3O6S2/c1-12(23)20-10-15-11-22(18(24)28-15)14-3-4-16(17(19)9-14)13-5-7-30(27,8-6-13)21-29(2,25)26/h3-5,9,15H,6-8,10-11H2,1-2H3,(H,20,23)/t15-,30?/m1/s1. The van der Waals surface area contributed by atoms with Crippen LogP contribution >= 0.6 is 0 Å². The molecule has 0 radical (unpaired) electrons. The molecule has 1 unspecified atom stereocenters. The van der Waals surface area contributed by atoms with E-state index < -0.39 is 37.8 Å². The van der Waals surface area contributed by atoms with E-state index in [0.717, 1.165) is 6.26 Å². The van der Waals surface area contributed by atoms with Gasteiger partial charge in [-0.15, -0.1) is 3.77 Å². The fourth-order valence-corrected chi connectivity index (χ4v) is 6.96. The molecule has 1 aromatic carbocycles. The van der Waals surface area contributed by atoms with Crippen molar-refractivity contribution in [3.05, 3.63) is 35.7 Å². The first-order valence-corrected chi connectivity index (χ1v) is 12.8. The molecule has 0 saturated carbocycles. The van der Waals surface area contributed by atoms with Crippen LogP contribution in [0.3, 0.4) is 0 Å². The van der Waals surface area contributed by atoms with Gasteiger partial charge in [0.1, 0.15) is 11.9 Å². The average Bonchev–Trinajstić information content (AvgIpc) is 3.00. The molecule has 30 heavy (non-hydrogen) atoms. The lowest BCUT2D eigenvalue weighted by molar-refractivity contribution is -0.119. The monoisotopic (exact) mass is 459 g/mol. The predicted octanol–water partition coefficient (Wildman–Crippen LogP) is 1.50. The van der Waals surface area contributed by atoms with Crippen LogP contribution < -0.4 is 10.2 Å². The minimum atomic E-state index is -3.73. The molecular formula is C18H22FN3O6S2. The number of halogens is 1. The van der Waals surface area contributed by atoms with E-state index in [9.17, 15) is 26.6 Å². The molecule has 1 fully saturated rings. The molecule has 1 N–H and O–H groups in total. The summed E-state index contributed by atoms with van der Waals surface area (Å²) in [6.45, 7) is 1.70. The van der Waals surface area contributed by atoms with Crippen LogP contribution in [0.15, 0.2) is 28.0 Å². The Hall–Kier alpha value is -2.47. The van der Waals surface area contributed by atoms with E-state index in [1.54, 1.807) is 12.1 Å². The smallest absolute Gasteiger partial charge is 0.414 e. The lowest BCUT2D eigenvalue weighted by Gasteiger charge is -2.19. The quantitative estimate of drug-likeness (QED) is 0.712. The van der Waals surface area contributed by atoms with Crippen molar-refractivity contribution in [3.63, 3.8) is 0 Å². The number of sulfonamides is 1. The van der Waals surface area contributed by atoms with Gasteiger partial charge in [0.05, 0.1) is 40.5 Å². The molecule has 0 bridgehead atoms. The van der Waals surface area contributed by atoms with Crippen LogP contribution in [0.5, 0.6) is 0 Å². The van der Waals surface area contributed by atoms with Crippen LogP contribution in [0, 0.1) is 5.82 Å². The van der Waals surface area contributed by atoms with E-state index in [4.69, 9.17) is 4.74 Å². The van der Waals surface area contributed by atoms with Gasteiger partial charge in [0.2, 0.25) is 5.91 Å². The molecule has 2 amide bonds. The molecular weight excluding hydrogens is 437 g/mol. The molecule has 164 valence electrons. The van der Waals surface area contributed by atoms with Crippen molar-refractivity contribution in [1.29, 1.82) is 0 Å². The summed E-state index contributed by atoms with van der Waals surface area (Å²) in [5.74, 6) is -0.852. The molecule has 1 aromatic rings. The second kappa shape index (κ2) is 8.34. The van der Waals surface area contributed by atoms with E-state index in [2.05, 4.69) is 9.08 Å². The Labute approximate surface area is 174 Å². The molecule has 0 spiro atoms. The summed E-state index contributed by atoms with van der Waals surface area (Å²) in [5, 5.41) is 2.57. The highest BCUT2D eigenvalue weighted by atomic mass is 32.3. The summed E-state index contributed by atoms with van der Waals surface area (Å²) in [6.07, 6.45) is 1.50. The van der Waals surface area contributed by atoms with Crippen molar-refractivity contribution in [1.82, 2.24) is 5.32 Å². The van der Waals surface area contributed by atoms with E-state index in [1.165, 1.54) is 24.0 Å². The number of cyclic esters (lactones) is 1. The van der Waals surface area contributed by atoms with Crippen LogP contribution in [0.25, 0.3) is 5.57 Å². The van der Waals surface area contributed by atoms with E-state index in [1.807, 2.05) is 0 Å². The minimum absolute atomic E-state index is 0.0242. The number of hydrogen-bond acceptors (Lipinski definition) is 6. The van der Waals surface area contributed by atoms with Crippen molar-refractivity contribution in [2.75, 3.05) is 35.8 Å². The maximum atomic E-state index is 14.8. The Morgan fingerprint density at radius 2 is 2.17 bits per heavy atom. The summed E-state index contributed by atoms with van der Waals surface area (Å²) >= 11 is 0. The van der Waals surface area contributed by atoms with Gasteiger partial charge in [-0.2, -0.15) is 0 Å². The van der Waals surface area contributed by atoms with E-state index in [0.29, 0.717) is 16.8 Å². The fraction of sp³-hybridized carbons (Fsp3) is 0.444. The molecule has 2 atom stereocenters. The summed E-state index contributed by atoms with van der Waals surface area (Å²) in [5.41, 5.74) is 1.22. The van der Waals surface area contributed by atoms with Crippen LogP contribution in [0.1, 0.15) is 18.9 Å². The molecule has 1 saturated heterocycles. The van der Waals surface area contributed by atoms with Gasteiger partial charge in [-0.05, 0) is 30.2 Å². The van der Waals surface area contributed by atoms with Crippen LogP contribution in [0.2, 0.25) is 0 Å². The molecule has 0 aromatic heterocycles. The summed E-state index contributed by atoms with van der Waals surface area (Å²) in [4.78, 5) is 24.4. The second-order valence-corrected chi connectivity index (χ2v) is 11.5. The first-order valence-electron chi connectivity index (χ1n) is 9.11. The third-order valence-corrected chi connectivity index (χ3v) is 8.31. The highest BCUT2D eigenvalue weighted by Gasteiger charge is 2.33. The van der Waals surface area contributed by atoms with Gasteiger partial charge in [-0.3, -0.25) is 9.69 Å². The van der Waals surface area contributed by atoms with Crippen molar-refractivity contribution in [3.8, 4) is 0 Å². The lowest BCUT2D eigenvalue weighted by Crippen LogP contribution is -2.33. The number of nitrogens with one attached hydrogen (secondary N) is 1. The summed E-state index contributed by atoms with van der Waals surface area (Å²) in [6, 6.07) is 4.31. The van der Waals surface area contributed by atoms with Crippen molar-refractivity contribution >= 4 is 43.0 Å². The number of benzene rings is 1. The zero-order valence-corrected chi connectivity index (χ0v) is 18.1. The average molecular weight is 460 g/mol. The van der Waals surface area contributed by atoms with Gasteiger partial charge < -0.3 is 10.1 Å². The van der Waals surface area contributed by atoms with Crippen LogP contribution in [0.4, 0.5) is 14.9 Å². The Kier molecular flexibility index (Phi) is 6.18. The topological polar surface area (TPSA) is 122 Å². The van der Waals surface area contributed by atoms with Gasteiger partial charge >= 0.3 is 6.09 Å². The number of rotatable bonds is 5. The maximum absolute atomic E-state index is 14.8. The highest BCUT2D eigenvalue weighted by Crippen LogP contribution is 2.30. The van der Waals surface area contributed by atoms with Gasteiger partial charge in [-0.25, -0.2) is 21.8 Å². The number of ether oxygens (including phenoxy) is 1. The highest BCUT2D eigenvalue weighted by molar-refractivity contribution is 8.03. The van der Waals surface area contributed by atoms with Crippen molar-refractivity contribution in [2.24, 2.45) is 3.77 Å².